The van der Waals surface area contributed by atoms with Gasteiger partial charge in [0.25, 0.3) is 0 Å². The molecule has 1 nitrogen and oxygen atoms in total. The van der Waals surface area contributed by atoms with E-state index in [1.54, 1.807) is 0 Å². The van der Waals surface area contributed by atoms with E-state index in [4.69, 9.17) is 0 Å². The zero-order valence-electron chi connectivity index (χ0n) is 17.3. The molecule has 0 amide bonds. The average Bonchev–Trinajstić information content (AvgIpc) is 2.68. The Balaban J connectivity index is 1.93. The lowest BCUT2D eigenvalue weighted by atomic mass is 9.73. The summed E-state index contributed by atoms with van der Waals surface area (Å²) in [5.41, 5.74) is 7.86. The summed E-state index contributed by atoms with van der Waals surface area (Å²) in [6.45, 7) is 8.93. The Bertz CT molecular complexity index is 877. The van der Waals surface area contributed by atoms with Crippen LogP contribution in [0.1, 0.15) is 48.9 Å². The fourth-order valence-corrected chi connectivity index (χ4v) is 3.92. The SMILES string of the molecule is CCCC(C)(c1ccc(C)cc1)c1ccc(N(C)c2cccc(C)c2)cc1. The van der Waals surface area contributed by atoms with Crippen molar-refractivity contribution >= 4 is 11.4 Å². The predicted octanol–water partition coefficient (Wildman–Crippen LogP) is 7.18. The number of hydrogen-bond donors (Lipinski definition) is 0. The van der Waals surface area contributed by atoms with Crippen molar-refractivity contribution in [3.63, 3.8) is 0 Å². The number of anilines is 2. The molecular weight excluding hydrogens is 326 g/mol. The minimum atomic E-state index is 0.0445. The van der Waals surface area contributed by atoms with Gasteiger partial charge in [0.1, 0.15) is 0 Å². The highest BCUT2D eigenvalue weighted by atomic mass is 15.1. The Morgan fingerprint density at radius 2 is 1.33 bits per heavy atom. The second kappa shape index (κ2) is 8.00. The molecule has 0 aliphatic rings. The summed E-state index contributed by atoms with van der Waals surface area (Å²) < 4.78 is 0. The topological polar surface area (TPSA) is 3.24 Å². The van der Waals surface area contributed by atoms with Crippen molar-refractivity contribution in [1.29, 1.82) is 0 Å². The van der Waals surface area contributed by atoms with Gasteiger partial charge in [0.15, 0.2) is 0 Å². The first-order valence-corrected chi connectivity index (χ1v) is 9.92. The monoisotopic (exact) mass is 357 g/mol. The van der Waals surface area contributed by atoms with Crippen LogP contribution in [0.5, 0.6) is 0 Å². The molecule has 3 aromatic rings. The van der Waals surface area contributed by atoms with Crippen LogP contribution in [-0.2, 0) is 5.41 Å². The maximum Gasteiger partial charge on any atom is 0.0410 e. The molecule has 0 saturated carbocycles. The van der Waals surface area contributed by atoms with E-state index in [0.717, 1.165) is 12.8 Å². The largest absolute Gasteiger partial charge is 0.345 e. The standard InChI is InChI=1S/C26H31N/c1-6-18-26(4,22-12-10-20(2)11-13-22)23-14-16-24(17-15-23)27(5)25-9-7-8-21(3)19-25/h7-17,19H,6,18H2,1-5H3. The molecule has 0 radical (unpaired) electrons. The minimum absolute atomic E-state index is 0.0445. The zero-order chi connectivity index (χ0) is 19.4. The van der Waals surface area contributed by atoms with Crippen LogP contribution in [0.3, 0.4) is 0 Å². The van der Waals surface area contributed by atoms with Crippen molar-refractivity contribution in [2.75, 3.05) is 11.9 Å². The molecule has 140 valence electrons. The summed E-state index contributed by atoms with van der Waals surface area (Å²) in [7, 11) is 2.13. The van der Waals surface area contributed by atoms with Crippen LogP contribution in [0.4, 0.5) is 11.4 Å². The van der Waals surface area contributed by atoms with Crippen LogP contribution in [0.25, 0.3) is 0 Å². The molecule has 0 spiro atoms. The van der Waals surface area contributed by atoms with E-state index in [1.165, 1.54) is 33.6 Å². The Labute approximate surface area is 164 Å². The van der Waals surface area contributed by atoms with Gasteiger partial charge >= 0.3 is 0 Å². The fourth-order valence-electron chi connectivity index (χ4n) is 3.92. The molecule has 0 saturated heterocycles. The van der Waals surface area contributed by atoms with Gasteiger partial charge in [-0.1, -0.05) is 74.4 Å². The Kier molecular flexibility index (Phi) is 5.70. The molecule has 0 aliphatic heterocycles. The fraction of sp³-hybridized carbons (Fsp3) is 0.308. The number of aryl methyl sites for hydroxylation is 2. The van der Waals surface area contributed by atoms with Crippen LogP contribution < -0.4 is 4.90 Å². The molecule has 1 atom stereocenters. The number of nitrogens with zero attached hydrogens (tertiary/aromatic N) is 1. The molecular formula is C26H31N. The summed E-state index contributed by atoms with van der Waals surface area (Å²) in [5, 5.41) is 0. The van der Waals surface area contributed by atoms with Crippen molar-refractivity contribution in [2.45, 2.75) is 46.0 Å². The second-order valence-electron chi connectivity index (χ2n) is 7.89. The summed E-state index contributed by atoms with van der Waals surface area (Å²) in [4.78, 5) is 2.25. The minimum Gasteiger partial charge on any atom is -0.345 e. The van der Waals surface area contributed by atoms with Crippen LogP contribution in [0.15, 0.2) is 72.8 Å². The van der Waals surface area contributed by atoms with Crippen LogP contribution in [-0.4, -0.2) is 7.05 Å². The van der Waals surface area contributed by atoms with E-state index < -0.39 is 0 Å². The van der Waals surface area contributed by atoms with Crippen molar-refractivity contribution in [2.24, 2.45) is 0 Å². The highest BCUT2D eigenvalue weighted by Crippen LogP contribution is 2.37. The molecule has 0 fully saturated rings. The normalized spacial score (nSPS) is 13.2. The number of rotatable bonds is 6. The molecule has 0 bridgehead atoms. The van der Waals surface area contributed by atoms with Crippen LogP contribution in [0, 0.1) is 13.8 Å². The summed E-state index contributed by atoms with van der Waals surface area (Å²) >= 11 is 0. The summed E-state index contributed by atoms with van der Waals surface area (Å²) in [5.74, 6) is 0. The Hall–Kier alpha value is -2.54. The summed E-state index contributed by atoms with van der Waals surface area (Å²) in [6.07, 6.45) is 2.30. The van der Waals surface area contributed by atoms with E-state index in [1.807, 2.05) is 0 Å². The quantitative estimate of drug-likeness (QED) is 0.452. The smallest absolute Gasteiger partial charge is 0.0410 e. The maximum atomic E-state index is 2.38. The highest BCUT2D eigenvalue weighted by molar-refractivity contribution is 5.63. The zero-order valence-corrected chi connectivity index (χ0v) is 17.3. The molecule has 1 unspecified atom stereocenters. The average molecular weight is 358 g/mol. The number of hydrogen-bond acceptors (Lipinski definition) is 1. The van der Waals surface area contributed by atoms with E-state index >= 15 is 0 Å². The molecule has 0 N–H and O–H groups in total. The first-order chi connectivity index (χ1) is 12.9. The molecule has 0 heterocycles. The lowest BCUT2D eigenvalue weighted by Crippen LogP contribution is -2.23. The lowest BCUT2D eigenvalue weighted by molar-refractivity contribution is 0.512. The van der Waals surface area contributed by atoms with Gasteiger partial charge in [0.2, 0.25) is 0 Å². The van der Waals surface area contributed by atoms with Gasteiger partial charge in [-0.15, -0.1) is 0 Å². The van der Waals surface area contributed by atoms with Gasteiger partial charge in [-0.25, -0.2) is 0 Å². The molecule has 0 aliphatic carbocycles. The summed E-state index contributed by atoms with van der Waals surface area (Å²) in [6, 6.07) is 26.8. The van der Waals surface area contributed by atoms with E-state index in [-0.39, 0.29) is 5.41 Å². The third-order valence-corrected chi connectivity index (χ3v) is 5.72. The highest BCUT2D eigenvalue weighted by Gasteiger charge is 2.28. The van der Waals surface area contributed by atoms with Crippen molar-refractivity contribution in [3.05, 3.63) is 95.1 Å². The van der Waals surface area contributed by atoms with Crippen molar-refractivity contribution in [3.8, 4) is 0 Å². The van der Waals surface area contributed by atoms with Gasteiger partial charge in [0.05, 0.1) is 0 Å². The van der Waals surface area contributed by atoms with Crippen LogP contribution in [0.2, 0.25) is 0 Å². The van der Waals surface area contributed by atoms with Gasteiger partial charge in [-0.05, 0) is 61.2 Å². The van der Waals surface area contributed by atoms with Crippen LogP contribution >= 0.6 is 0 Å². The van der Waals surface area contributed by atoms with E-state index in [0.29, 0.717) is 0 Å². The molecule has 0 aromatic heterocycles. The van der Waals surface area contributed by atoms with E-state index in [2.05, 4.69) is 112 Å². The van der Waals surface area contributed by atoms with Gasteiger partial charge in [-0.2, -0.15) is 0 Å². The second-order valence-corrected chi connectivity index (χ2v) is 7.89. The lowest BCUT2D eigenvalue weighted by Gasteiger charge is -2.31. The number of benzene rings is 3. The molecule has 1 heteroatoms. The van der Waals surface area contributed by atoms with Gasteiger partial charge in [-0.3, -0.25) is 0 Å². The first-order valence-electron chi connectivity index (χ1n) is 9.92. The predicted molar refractivity (Wildman–Crippen MR) is 118 cm³/mol. The maximum absolute atomic E-state index is 2.38. The van der Waals surface area contributed by atoms with Gasteiger partial charge in [0, 0.05) is 23.8 Å². The molecule has 3 rings (SSSR count). The van der Waals surface area contributed by atoms with Crippen molar-refractivity contribution in [1.82, 2.24) is 0 Å². The Morgan fingerprint density at radius 3 is 1.89 bits per heavy atom. The molecule has 3 aromatic carbocycles. The van der Waals surface area contributed by atoms with Crippen molar-refractivity contribution < 1.29 is 0 Å². The van der Waals surface area contributed by atoms with Gasteiger partial charge < -0.3 is 4.90 Å². The van der Waals surface area contributed by atoms with E-state index in [9.17, 15) is 0 Å². The molecule has 27 heavy (non-hydrogen) atoms. The third-order valence-electron chi connectivity index (χ3n) is 5.72. The third kappa shape index (κ3) is 4.08. The first kappa shape index (κ1) is 19.2. The Morgan fingerprint density at radius 1 is 0.741 bits per heavy atom.